The van der Waals surface area contributed by atoms with E-state index in [9.17, 15) is 22.4 Å². The van der Waals surface area contributed by atoms with Gasteiger partial charge in [0.1, 0.15) is 17.6 Å². The van der Waals surface area contributed by atoms with Crippen molar-refractivity contribution < 1.29 is 27.1 Å². The number of carbonyl (C=O) groups is 2. The molecular weight excluding hydrogens is 545 g/mol. The van der Waals surface area contributed by atoms with Crippen LogP contribution in [0.2, 0.25) is 0 Å². The average Bonchev–Trinajstić information content (AvgIpc) is 3.78. The number of nitrogens with zero attached hydrogens (tertiary/aromatic N) is 2. The van der Waals surface area contributed by atoms with Crippen LogP contribution < -0.4 is 14.4 Å². The zero-order valence-corrected chi connectivity index (χ0v) is 23.3. The van der Waals surface area contributed by atoms with Gasteiger partial charge in [0.2, 0.25) is 15.9 Å². The summed E-state index contributed by atoms with van der Waals surface area (Å²) >= 11 is 0. The topological polar surface area (TPSA) is 96.0 Å². The molecule has 1 N–H and O–H groups in total. The van der Waals surface area contributed by atoms with Crippen LogP contribution in [-0.2, 0) is 19.6 Å². The van der Waals surface area contributed by atoms with Gasteiger partial charge in [-0.15, -0.1) is 0 Å². The molecule has 8 nitrogen and oxygen atoms in total. The molecule has 2 atom stereocenters. The summed E-state index contributed by atoms with van der Waals surface area (Å²) in [5, 5.41) is -0.577. The van der Waals surface area contributed by atoms with E-state index in [1.807, 2.05) is 65.6 Å². The molecule has 0 radical (unpaired) electrons. The van der Waals surface area contributed by atoms with E-state index in [0.717, 1.165) is 11.1 Å². The molecule has 0 spiro atoms. The highest BCUT2D eigenvalue weighted by atomic mass is 32.2. The Morgan fingerprint density at radius 3 is 2.24 bits per heavy atom. The van der Waals surface area contributed by atoms with Crippen LogP contribution in [-0.4, -0.2) is 62.2 Å². The summed E-state index contributed by atoms with van der Waals surface area (Å²) in [6.07, 6.45) is 1.89. The Bertz CT molecular complexity index is 1490. The quantitative estimate of drug-likeness (QED) is 0.459. The molecule has 1 aliphatic carbocycles. The molecule has 6 rings (SSSR count). The van der Waals surface area contributed by atoms with Crippen molar-refractivity contribution in [3.05, 3.63) is 95.8 Å². The first kappa shape index (κ1) is 27.3. The molecule has 41 heavy (non-hydrogen) atoms. The van der Waals surface area contributed by atoms with Crippen LogP contribution in [0.15, 0.2) is 78.9 Å². The van der Waals surface area contributed by atoms with E-state index < -0.39 is 39.0 Å². The lowest BCUT2D eigenvalue weighted by atomic mass is 9.90. The molecular formula is C31H32FN3O5S. The van der Waals surface area contributed by atoms with E-state index in [0.29, 0.717) is 43.9 Å². The summed E-state index contributed by atoms with van der Waals surface area (Å²) in [7, 11) is -3.82. The van der Waals surface area contributed by atoms with Crippen LogP contribution in [0.4, 0.5) is 10.1 Å². The number of carbonyl (C=O) groups excluding carboxylic acids is 2. The molecule has 3 aliphatic rings. The fourth-order valence-electron chi connectivity index (χ4n) is 5.89. The minimum absolute atomic E-state index is 0.173. The highest BCUT2D eigenvalue weighted by molar-refractivity contribution is 7.90. The average molecular weight is 578 g/mol. The number of nitrogens with one attached hydrogen (secondary N) is 1. The molecule has 0 bridgehead atoms. The van der Waals surface area contributed by atoms with Gasteiger partial charge in [0.05, 0.1) is 23.5 Å². The molecule has 0 unspecified atom stereocenters. The van der Waals surface area contributed by atoms with Crippen LogP contribution in [0.3, 0.4) is 0 Å². The third-order valence-electron chi connectivity index (χ3n) is 8.06. The van der Waals surface area contributed by atoms with Gasteiger partial charge in [-0.3, -0.25) is 14.3 Å². The zero-order chi connectivity index (χ0) is 28.6. The van der Waals surface area contributed by atoms with Crippen LogP contribution in [0.25, 0.3) is 0 Å². The van der Waals surface area contributed by atoms with E-state index in [4.69, 9.17) is 4.74 Å². The number of benzene rings is 3. The number of sulfonamides is 1. The summed E-state index contributed by atoms with van der Waals surface area (Å²) < 4.78 is 48.0. The van der Waals surface area contributed by atoms with Gasteiger partial charge < -0.3 is 14.5 Å². The van der Waals surface area contributed by atoms with Crippen molar-refractivity contribution in [2.24, 2.45) is 0 Å². The van der Waals surface area contributed by atoms with Gasteiger partial charge in [-0.2, -0.15) is 0 Å². The smallest absolute Gasteiger partial charge is 0.256 e. The number of hydrogen-bond donors (Lipinski definition) is 1. The molecule has 1 saturated carbocycles. The van der Waals surface area contributed by atoms with Crippen molar-refractivity contribution in [1.29, 1.82) is 0 Å². The first-order valence-electron chi connectivity index (χ1n) is 14.0. The number of ether oxygens (including phenoxy) is 1. The maximum Gasteiger partial charge on any atom is 0.256 e. The SMILES string of the molecule is O=C(NS(=O)(=O)C1CC1)[C@@H]1C[C@H](N2CCCOc3ccc(F)cc32)CN1C(=O)C(c1ccccc1)c1ccccc1. The first-order chi connectivity index (χ1) is 19.8. The summed E-state index contributed by atoms with van der Waals surface area (Å²) in [6, 6.07) is 21.7. The van der Waals surface area contributed by atoms with Crippen LogP contribution >= 0.6 is 0 Å². The molecule has 3 aromatic rings. The predicted octanol–water partition coefficient (Wildman–Crippen LogP) is 3.82. The fourth-order valence-corrected chi connectivity index (χ4v) is 7.23. The number of halogens is 1. The Hall–Kier alpha value is -3.92. The Morgan fingerprint density at radius 1 is 0.951 bits per heavy atom. The van der Waals surface area contributed by atoms with Gasteiger partial charge in [0, 0.05) is 25.2 Å². The molecule has 3 aromatic carbocycles. The summed E-state index contributed by atoms with van der Waals surface area (Å²) in [5.74, 6) is -1.57. The second kappa shape index (κ2) is 11.2. The zero-order valence-electron chi connectivity index (χ0n) is 22.5. The molecule has 1 saturated heterocycles. The highest BCUT2D eigenvalue weighted by Crippen LogP contribution is 2.38. The first-order valence-corrected chi connectivity index (χ1v) is 15.5. The van der Waals surface area contributed by atoms with Crippen LogP contribution in [0.1, 0.15) is 42.7 Å². The lowest BCUT2D eigenvalue weighted by Crippen LogP contribution is -2.49. The lowest BCUT2D eigenvalue weighted by Gasteiger charge is -2.31. The highest BCUT2D eigenvalue weighted by Gasteiger charge is 2.47. The monoisotopic (exact) mass is 577 g/mol. The number of hydrogen-bond acceptors (Lipinski definition) is 6. The van der Waals surface area contributed by atoms with Gasteiger partial charge in [0.25, 0.3) is 5.91 Å². The minimum Gasteiger partial charge on any atom is -0.491 e. The standard InChI is InChI=1S/C31H32FN3O5S/c32-23-12-15-28-26(18-23)34(16-7-17-40-28)24-19-27(30(36)33-41(38,39)25-13-14-25)35(20-24)31(37)29(21-8-3-1-4-9-21)22-10-5-2-6-11-22/h1-6,8-12,15,18,24-25,27,29H,7,13-14,16-17,19-20H2,(H,33,36)/t24-,27-/m0/s1. The number of anilines is 1. The van der Waals surface area contributed by atoms with E-state index in [1.165, 1.54) is 17.0 Å². The Kier molecular flexibility index (Phi) is 7.42. The van der Waals surface area contributed by atoms with E-state index in [-0.39, 0.29) is 24.9 Å². The molecule has 2 aliphatic heterocycles. The Morgan fingerprint density at radius 2 is 1.61 bits per heavy atom. The Balaban J connectivity index is 1.37. The van der Waals surface area contributed by atoms with Gasteiger partial charge in [-0.25, -0.2) is 12.8 Å². The number of rotatable bonds is 7. The van der Waals surface area contributed by atoms with Crippen molar-refractivity contribution in [2.45, 2.75) is 48.9 Å². The maximum atomic E-state index is 14.5. The molecule has 2 amide bonds. The van der Waals surface area contributed by atoms with Crippen molar-refractivity contribution in [3.8, 4) is 5.75 Å². The van der Waals surface area contributed by atoms with E-state index >= 15 is 0 Å². The molecule has 214 valence electrons. The van der Waals surface area contributed by atoms with Gasteiger partial charge in [0.15, 0.2) is 0 Å². The van der Waals surface area contributed by atoms with Crippen molar-refractivity contribution in [1.82, 2.24) is 9.62 Å². The maximum absolute atomic E-state index is 14.5. The largest absolute Gasteiger partial charge is 0.491 e. The third kappa shape index (κ3) is 5.66. The second-order valence-electron chi connectivity index (χ2n) is 10.9. The number of likely N-dealkylation sites (tertiary alicyclic amines) is 1. The van der Waals surface area contributed by atoms with Crippen LogP contribution in [0, 0.1) is 5.82 Å². The van der Waals surface area contributed by atoms with E-state index in [1.54, 1.807) is 6.07 Å². The lowest BCUT2D eigenvalue weighted by molar-refractivity contribution is -0.138. The summed E-state index contributed by atoms with van der Waals surface area (Å²) in [6.45, 7) is 1.17. The van der Waals surface area contributed by atoms with Crippen molar-refractivity contribution in [3.63, 3.8) is 0 Å². The second-order valence-corrected chi connectivity index (χ2v) is 12.8. The Labute approximate surface area is 239 Å². The molecule has 0 aromatic heterocycles. The van der Waals surface area contributed by atoms with Gasteiger partial charge >= 0.3 is 0 Å². The van der Waals surface area contributed by atoms with Crippen LogP contribution in [0.5, 0.6) is 5.75 Å². The van der Waals surface area contributed by atoms with Crippen molar-refractivity contribution >= 4 is 27.5 Å². The third-order valence-corrected chi connectivity index (χ3v) is 9.89. The predicted molar refractivity (Wildman–Crippen MR) is 153 cm³/mol. The normalized spacial score (nSPS) is 20.7. The molecule has 2 heterocycles. The summed E-state index contributed by atoms with van der Waals surface area (Å²) in [5.41, 5.74) is 2.11. The molecule has 2 fully saturated rings. The minimum atomic E-state index is -3.82. The number of amides is 2. The number of fused-ring (bicyclic) bond motifs is 1. The van der Waals surface area contributed by atoms with Gasteiger partial charge in [-0.1, -0.05) is 60.7 Å². The van der Waals surface area contributed by atoms with Crippen molar-refractivity contribution in [2.75, 3.05) is 24.6 Å². The molecule has 10 heteroatoms. The summed E-state index contributed by atoms with van der Waals surface area (Å²) in [4.78, 5) is 31.6. The van der Waals surface area contributed by atoms with Gasteiger partial charge in [-0.05, 0) is 48.9 Å². The fraction of sp³-hybridized carbons (Fsp3) is 0.355. The van der Waals surface area contributed by atoms with E-state index in [2.05, 4.69) is 4.72 Å².